The first kappa shape index (κ1) is 14.7. The number of halogens is 4. The second kappa shape index (κ2) is 5.74. The zero-order valence-corrected chi connectivity index (χ0v) is 12.8. The Morgan fingerprint density at radius 2 is 1.89 bits per heavy atom. The lowest BCUT2D eigenvalue weighted by molar-refractivity contribution is 0.598. The summed E-state index contributed by atoms with van der Waals surface area (Å²) in [4.78, 5) is 1.89. The molecule has 1 aliphatic carbocycles. The van der Waals surface area contributed by atoms with Crippen LogP contribution in [0.1, 0.15) is 11.5 Å². The topological polar surface area (TPSA) is 3.24 Å². The minimum Gasteiger partial charge on any atom is -0.378 e. The zero-order chi connectivity index (χ0) is 14.2. The molecule has 0 N–H and O–H groups in total. The van der Waals surface area contributed by atoms with Crippen LogP contribution in [0, 0.1) is 5.82 Å². The lowest BCUT2D eigenvalue weighted by Crippen LogP contribution is -2.17. The molecule has 5 heteroatoms. The Kier molecular flexibility index (Phi) is 4.44. The van der Waals surface area contributed by atoms with Gasteiger partial charge in [-0.3, -0.25) is 0 Å². The Hall–Kier alpha value is -0.700. The third-order valence-corrected chi connectivity index (χ3v) is 4.34. The van der Waals surface area contributed by atoms with Crippen LogP contribution in [0.4, 0.5) is 10.1 Å². The molecule has 0 amide bonds. The summed E-state index contributed by atoms with van der Waals surface area (Å²) in [5, 5.41) is 0.360. The second-order valence-corrected chi connectivity index (χ2v) is 5.90. The highest BCUT2D eigenvalue weighted by molar-refractivity contribution is 6.41. The fraction of sp³-hybridized carbons (Fsp3) is 0.286. The quantitative estimate of drug-likeness (QED) is 0.705. The predicted molar refractivity (Wildman–Crippen MR) is 81.0 cm³/mol. The van der Waals surface area contributed by atoms with Gasteiger partial charge in [0.1, 0.15) is 5.82 Å². The van der Waals surface area contributed by atoms with Crippen LogP contribution >= 0.6 is 34.8 Å². The Balaban J connectivity index is 2.52. The van der Waals surface area contributed by atoms with Crippen molar-refractivity contribution in [2.45, 2.75) is 11.3 Å². The molecular weight excluding hydrogens is 308 g/mol. The van der Waals surface area contributed by atoms with E-state index < -0.39 is 11.3 Å². The van der Waals surface area contributed by atoms with Crippen LogP contribution < -0.4 is 4.90 Å². The SMILES string of the molecule is CN(C)c1ccc(F)c(C2C(Cl)=C(Cl)C=CC2Cl)c1. The predicted octanol–water partition coefficient (Wildman–Crippen LogP) is 4.84. The molecule has 1 aromatic carbocycles. The second-order valence-electron chi connectivity index (χ2n) is 4.58. The molecule has 19 heavy (non-hydrogen) atoms. The molecule has 1 aliphatic rings. The van der Waals surface area contributed by atoms with Crippen LogP contribution in [-0.4, -0.2) is 19.5 Å². The van der Waals surface area contributed by atoms with Crippen molar-refractivity contribution in [1.29, 1.82) is 0 Å². The minimum absolute atomic E-state index is 0.334. The van der Waals surface area contributed by atoms with Crippen molar-refractivity contribution in [3.8, 4) is 0 Å². The third-order valence-electron chi connectivity index (χ3n) is 3.08. The van der Waals surface area contributed by atoms with E-state index in [1.54, 1.807) is 24.3 Å². The highest BCUT2D eigenvalue weighted by Gasteiger charge is 2.29. The third kappa shape index (κ3) is 2.91. The molecule has 2 atom stereocenters. The number of nitrogens with zero attached hydrogens (tertiary/aromatic N) is 1. The number of anilines is 1. The van der Waals surface area contributed by atoms with Crippen LogP contribution in [0.3, 0.4) is 0 Å². The normalized spacial score (nSPS) is 22.8. The fourth-order valence-corrected chi connectivity index (χ4v) is 2.92. The van der Waals surface area contributed by atoms with Crippen molar-refractivity contribution < 1.29 is 4.39 Å². The van der Waals surface area contributed by atoms with Crippen molar-refractivity contribution in [2.24, 2.45) is 0 Å². The van der Waals surface area contributed by atoms with Crippen LogP contribution in [0.15, 0.2) is 40.4 Å². The smallest absolute Gasteiger partial charge is 0.127 e. The number of hydrogen-bond acceptors (Lipinski definition) is 1. The van der Waals surface area contributed by atoms with Gasteiger partial charge in [0.25, 0.3) is 0 Å². The first-order chi connectivity index (χ1) is 8.91. The van der Waals surface area contributed by atoms with Crippen LogP contribution in [0.5, 0.6) is 0 Å². The van der Waals surface area contributed by atoms with Gasteiger partial charge in [0, 0.05) is 36.3 Å². The van der Waals surface area contributed by atoms with E-state index in [-0.39, 0.29) is 5.82 Å². The van der Waals surface area contributed by atoms with Gasteiger partial charge in [-0.25, -0.2) is 4.39 Å². The highest BCUT2D eigenvalue weighted by atomic mass is 35.5. The van der Waals surface area contributed by atoms with E-state index in [0.717, 1.165) is 5.69 Å². The average Bonchev–Trinajstić information content (AvgIpc) is 2.36. The number of alkyl halides is 1. The van der Waals surface area contributed by atoms with Crippen molar-refractivity contribution in [3.05, 3.63) is 51.8 Å². The summed E-state index contributed by atoms with van der Waals surface area (Å²) in [7, 11) is 3.78. The van der Waals surface area contributed by atoms with E-state index in [9.17, 15) is 4.39 Å². The Morgan fingerprint density at radius 1 is 1.21 bits per heavy atom. The monoisotopic (exact) mass is 319 g/mol. The molecule has 2 unspecified atom stereocenters. The van der Waals surface area contributed by atoms with Crippen molar-refractivity contribution in [1.82, 2.24) is 0 Å². The maximum absolute atomic E-state index is 14.1. The largest absolute Gasteiger partial charge is 0.378 e. The number of rotatable bonds is 2. The Morgan fingerprint density at radius 3 is 2.53 bits per heavy atom. The molecular formula is C14H13Cl3FN. The first-order valence-corrected chi connectivity index (χ1v) is 6.95. The molecule has 0 saturated heterocycles. The summed E-state index contributed by atoms with van der Waals surface area (Å²) in [6, 6.07) is 4.88. The molecule has 0 bridgehead atoms. The van der Waals surface area contributed by atoms with Gasteiger partial charge in [-0.05, 0) is 24.3 Å². The zero-order valence-electron chi connectivity index (χ0n) is 10.5. The molecule has 0 radical (unpaired) electrons. The van der Waals surface area contributed by atoms with Gasteiger partial charge in [0.05, 0.1) is 10.4 Å². The summed E-state index contributed by atoms with van der Waals surface area (Å²) in [5.74, 6) is -0.792. The maximum atomic E-state index is 14.1. The molecule has 1 nitrogen and oxygen atoms in total. The molecule has 0 aliphatic heterocycles. The van der Waals surface area contributed by atoms with Gasteiger partial charge in [0.2, 0.25) is 0 Å². The molecule has 0 spiro atoms. The van der Waals surface area contributed by atoms with Crippen molar-refractivity contribution in [3.63, 3.8) is 0 Å². The summed E-state index contributed by atoms with van der Waals surface area (Å²) >= 11 is 18.4. The van der Waals surface area contributed by atoms with E-state index in [2.05, 4.69) is 0 Å². The van der Waals surface area contributed by atoms with Crippen LogP contribution in [0.25, 0.3) is 0 Å². The molecule has 1 aromatic rings. The first-order valence-electron chi connectivity index (χ1n) is 5.76. The molecule has 0 heterocycles. The van der Waals surface area contributed by atoms with Gasteiger partial charge in [-0.15, -0.1) is 11.6 Å². The van der Waals surface area contributed by atoms with Crippen molar-refractivity contribution >= 4 is 40.5 Å². The van der Waals surface area contributed by atoms with Gasteiger partial charge in [-0.1, -0.05) is 29.3 Å². The average molecular weight is 321 g/mol. The van der Waals surface area contributed by atoms with E-state index in [0.29, 0.717) is 15.6 Å². The molecule has 0 saturated carbocycles. The van der Waals surface area contributed by atoms with E-state index in [1.165, 1.54) is 6.07 Å². The van der Waals surface area contributed by atoms with E-state index in [1.807, 2.05) is 19.0 Å². The van der Waals surface area contributed by atoms with Gasteiger partial charge in [-0.2, -0.15) is 0 Å². The Bertz CT molecular complexity index is 552. The highest BCUT2D eigenvalue weighted by Crippen LogP contribution is 2.42. The molecule has 2 rings (SSSR count). The molecule has 102 valence electrons. The number of benzene rings is 1. The number of hydrogen-bond donors (Lipinski definition) is 0. The van der Waals surface area contributed by atoms with Crippen molar-refractivity contribution in [2.75, 3.05) is 19.0 Å². The number of allylic oxidation sites excluding steroid dienone is 4. The standard InChI is InChI=1S/C14H13Cl3FN/c1-19(2)8-3-6-12(18)9(7-8)13-10(15)4-5-11(16)14(13)17/h3-7,10,13H,1-2H3. The fourth-order valence-electron chi connectivity index (χ4n) is 2.01. The van der Waals surface area contributed by atoms with Gasteiger partial charge >= 0.3 is 0 Å². The van der Waals surface area contributed by atoms with Gasteiger partial charge < -0.3 is 4.90 Å². The van der Waals surface area contributed by atoms with Crippen LogP contribution in [0.2, 0.25) is 0 Å². The molecule has 0 fully saturated rings. The van der Waals surface area contributed by atoms with E-state index >= 15 is 0 Å². The Labute approximate surface area is 127 Å². The molecule has 0 aromatic heterocycles. The van der Waals surface area contributed by atoms with Crippen LogP contribution in [-0.2, 0) is 0 Å². The van der Waals surface area contributed by atoms with E-state index in [4.69, 9.17) is 34.8 Å². The van der Waals surface area contributed by atoms with Gasteiger partial charge in [0.15, 0.2) is 0 Å². The lowest BCUT2D eigenvalue weighted by Gasteiger charge is -2.25. The lowest BCUT2D eigenvalue weighted by atomic mass is 9.91. The minimum atomic E-state index is -0.458. The maximum Gasteiger partial charge on any atom is 0.127 e. The summed E-state index contributed by atoms with van der Waals surface area (Å²) in [5.41, 5.74) is 1.34. The summed E-state index contributed by atoms with van der Waals surface area (Å²) in [6.45, 7) is 0. The summed E-state index contributed by atoms with van der Waals surface area (Å²) < 4.78 is 14.1. The summed E-state index contributed by atoms with van der Waals surface area (Å²) in [6.07, 6.45) is 3.37.